The highest BCUT2D eigenvalue weighted by Gasteiger charge is 2.33. The number of anilines is 1. The second-order valence-corrected chi connectivity index (χ2v) is 8.04. The van der Waals surface area contributed by atoms with Gasteiger partial charge in [-0.15, -0.1) is 11.8 Å². The van der Waals surface area contributed by atoms with Crippen LogP contribution in [0.1, 0.15) is 12.5 Å². The lowest BCUT2D eigenvalue weighted by Gasteiger charge is -2.35. The summed E-state index contributed by atoms with van der Waals surface area (Å²) in [6.45, 7) is 2.01. The standard InChI is InChI=1S/C20H22ClN3O2S/c1-13-17(11-14-5-3-2-4-6-14)19(26)24-20(22-13)27-12-18(25)23-16-9-7-15(21)8-10-16/h2-10,13,17,20,22H,11-12H2,1H3,(H,23,25)(H,24,26). The lowest BCUT2D eigenvalue weighted by molar-refractivity contribution is -0.128. The van der Waals surface area contributed by atoms with Gasteiger partial charge in [0.1, 0.15) is 5.50 Å². The van der Waals surface area contributed by atoms with Crippen LogP contribution in [0.4, 0.5) is 5.69 Å². The minimum Gasteiger partial charge on any atom is -0.331 e. The molecule has 0 spiro atoms. The Morgan fingerprint density at radius 1 is 1.15 bits per heavy atom. The van der Waals surface area contributed by atoms with Gasteiger partial charge in [-0.05, 0) is 43.2 Å². The van der Waals surface area contributed by atoms with E-state index in [9.17, 15) is 9.59 Å². The van der Waals surface area contributed by atoms with Gasteiger partial charge >= 0.3 is 0 Å². The molecule has 5 nitrogen and oxygen atoms in total. The highest BCUT2D eigenvalue weighted by atomic mass is 35.5. The maximum atomic E-state index is 12.5. The van der Waals surface area contributed by atoms with E-state index in [4.69, 9.17) is 11.6 Å². The van der Waals surface area contributed by atoms with E-state index in [1.807, 2.05) is 37.3 Å². The van der Waals surface area contributed by atoms with Crippen LogP contribution in [0.15, 0.2) is 54.6 Å². The van der Waals surface area contributed by atoms with E-state index >= 15 is 0 Å². The second-order valence-electron chi connectivity index (χ2n) is 6.51. The van der Waals surface area contributed by atoms with E-state index in [0.717, 1.165) is 5.56 Å². The summed E-state index contributed by atoms with van der Waals surface area (Å²) >= 11 is 7.20. The number of carbonyl (C=O) groups excluding carboxylic acids is 2. The van der Waals surface area contributed by atoms with Gasteiger partial charge in [0.05, 0.1) is 11.7 Å². The van der Waals surface area contributed by atoms with Crippen molar-refractivity contribution in [1.29, 1.82) is 0 Å². The number of nitrogens with one attached hydrogen (secondary N) is 3. The van der Waals surface area contributed by atoms with Gasteiger partial charge in [0.15, 0.2) is 0 Å². The van der Waals surface area contributed by atoms with Crippen molar-refractivity contribution in [2.75, 3.05) is 11.1 Å². The highest BCUT2D eigenvalue weighted by molar-refractivity contribution is 8.00. The molecular weight excluding hydrogens is 382 g/mol. The molecule has 1 aliphatic rings. The molecule has 0 radical (unpaired) electrons. The minimum absolute atomic E-state index is 0.0145. The smallest absolute Gasteiger partial charge is 0.234 e. The van der Waals surface area contributed by atoms with Crippen molar-refractivity contribution in [2.45, 2.75) is 24.9 Å². The number of amides is 2. The van der Waals surface area contributed by atoms with Crippen LogP contribution in [0.3, 0.4) is 0 Å². The van der Waals surface area contributed by atoms with Crippen molar-refractivity contribution < 1.29 is 9.59 Å². The zero-order chi connectivity index (χ0) is 19.2. The number of hydrogen-bond acceptors (Lipinski definition) is 4. The third kappa shape index (κ3) is 5.73. The molecule has 0 saturated carbocycles. The van der Waals surface area contributed by atoms with Gasteiger partial charge in [-0.25, -0.2) is 0 Å². The van der Waals surface area contributed by atoms with Crippen LogP contribution in [0.2, 0.25) is 5.02 Å². The number of benzene rings is 2. The minimum atomic E-state index is -0.282. The molecule has 0 aromatic heterocycles. The fraction of sp³-hybridized carbons (Fsp3) is 0.300. The first kappa shape index (κ1) is 19.7. The van der Waals surface area contributed by atoms with Crippen molar-refractivity contribution in [3.05, 3.63) is 65.2 Å². The molecule has 1 heterocycles. The largest absolute Gasteiger partial charge is 0.331 e. The zero-order valence-corrected chi connectivity index (χ0v) is 16.5. The Balaban J connectivity index is 1.47. The summed E-state index contributed by atoms with van der Waals surface area (Å²) in [5.41, 5.74) is 1.55. The maximum Gasteiger partial charge on any atom is 0.234 e. The maximum absolute atomic E-state index is 12.5. The monoisotopic (exact) mass is 403 g/mol. The first-order chi connectivity index (χ1) is 13.0. The molecule has 0 bridgehead atoms. The van der Waals surface area contributed by atoms with Crippen molar-refractivity contribution in [2.24, 2.45) is 5.92 Å². The molecule has 3 atom stereocenters. The number of halogens is 1. The first-order valence-corrected chi connectivity index (χ1v) is 10.2. The summed E-state index contributed by atoms with van der Waals surface area (Å²) in [6.07, 6.45) is 0.690. The Hall–Kier alpha value is -2.02. The van der Waals surface area contributed by atoms with Gasteiger partial charge in [0.2, 0.25) is 11.8 Å². The Bertz CT molecular complexity index is 786. The normalized spacial score (nSPS) is 22.1. The molecule has 1 aliphatic heterocycles. The quantitative estimate of drug-likeness (QED) is 0.692. The predicted octanol–water partition coefficient (Wildman–Crippen LogP) is 3.26. The Morgan fingerprint density at radius 2 is 1.85 bits per heavy atom. The van der Waals surface area contributed by atoms with E-state index < -0.39 is 0 Å². The average molecular weight is 404 g/mol. The van der Waals surface area contributed by atoms with E-state index in [1.165, 1.54) is 11.8 Å². The molecule has 1 saturated heterocycles. The number of rotatable bonds is 6. The lowest BCUT2D eigenvalue weighted by Crippen LogP contribution is -2.59. The van der Waals surface area contributed by atoms with E-state index in [1.54, 1.807) is 24.3 Å². The summed E-state index contributed by atoms with van der Waals surface area (Å²) in [6, 6.07) is 17.0. The molecule has 142 valence electrons. The molecule has 1 fully saturated rings. The Kier molecular flexibility index (Phi) is 6.77. The lowest BCUT2D eigenvalue weighted by atomic mass is 9.91. The van der Waals surface area contributed by atoms with Crippen LogP contribution in [0.5, 0.6) is 0 Å². The fourth-order valence-electron chi connectivity index (χ4n) is 2.98. The molecule has 3 N–H and O–H groups in total. The van der Waals surface area contributed by atoms with Crippen LogP contribution in [-0.2, 0) is 16.0 Å². The summed E-state index contributed by atoms with van der Waals surface area (Å²) in [5, 5.41) is 9.77. The first-order valence-electron chi connectivity index (χ1n) is 8.78. The van der Waals surface area contributed by atoms with Gasteiger partial charge in [-0.3, -0.25) is 14.9 Å². The number of carbonyl (C=O) groups is 2. The molecule has 2 aromatic carbocycles. The topological polar surface area (TPSA) is 70.2 Å². The Morgan fingerprint density at radius 3 is 2.52 bits per heavy atom. The van der Waals surface area contributed by atoms with E-state index in [-0.39, 0.29) is 35.0 Å². The van der Waals surface area contributed by atoms with Crippen LogP contribution in [0.25, 0.3) is 0 Å². The summed E-state index contributed by atoms with van der Waals surface area (Å²) in [7, 11) is 0. The average Bonchev–Trinajstić information content (AvgIpc) is 2.66. The SMILES string of the molecule is CC1NC(SCC(=O)Nc2ccc(Cl)cc2)NC(=O)C1Cc1ccccc1. The van der Waals surface area contributed by atoms with Crippen LogP contribution >= 0.6 is 23.4 Å². The summed E-state index contributed by atoms with van der Waals surface area (Å²) < 4.78 is 0. The number of thioether (sulfide) groups is 1. The van der Waals surface area contributed by atoms with Crippen molar-refractivity contribution in [1.82, 2.24) is 10.6 Å². The molecule has 27 heavy (non-hydrogen) atoms. The van der Waals surface area contributed by atoms with Crippen molar-refractivity contribution in [3.63, 3.8) is 0 Å². The summed E-state index contributed by atoms with van der Waals surface area (Å²) in [5.74, 6) is -0.0123. The molecule has 2 aromatic rings. The third-order valence-electron chi connectivity index (χ3n) is 4.44. The van der Waals surface area contributed by atoms with E-state index in [0.29, 0.717) is 17.1 Å². The molecular formula is C20H22ClN3O2S. The van der Waals surface area contributed by atoms with Gasteiger partial charge in [-0.1, -0.05) is 41.9 Å². The van der Waals surface area contributed by atoms with Crippen LogP contribution in [-0.4, -0.2) is 29.1 Å². The number of hydrogen-bond donors (Lipinski definition) is 3. The van der Waals surface area contributed by atoms with Crippen LogP contribution < -0.4 is 16.0 Å². The summed E-state index contributed by atoms with van der Waals surface area (Å²) in [4.78, 5) is 24.6. The van der Waals surface area contributed by atoms with Gasteiger partial charge in [0, 0.05) is 16.8 Å². The highest BCUT2D eigenvalue weighted by Crippen LogP contribution is 2.20. The zero-order valence-electron chi connectivity index (χ0n) is 14.9. The second kappa shape index (κ2) is 9.26. The van der Waals surface area contributed by atoms with Gasteiger partial charge < -0.3 is 10.6 Å². The predicted molar refractivity (Wildman–Crippen MR) is 111 cm³/mol. The van der Waals surface area contributed by atoms with Crippen molar-refractivity contribution >= 4 is 40.9 Å². The molecule has 3 rings (SSSR count). The van der Waals surface area contributed by atoms with Gasteiger partial charge in [0.25, 0.3) is 0 Å². The van der Waals surface area contributed by atoms with E-state index in [2.05, 4.69) is 16.0 Å². The van der Waals surface area contributed by atoms with Gasteiger partial charge in [-0.2, -0.15) is 0 Å². The molecule has 7 heteroatoms. The van der Waals surface area contributed by atoms with Crippen molar-refractivity contribution in [3.8, 4) is 0 Å². The third-order valence-corrected chi connectivity index (χ3v) is 5.70. The fourth-order valence-corrected chi connectivity index (χ4v) is 4.00. The van der Waals surface area contributed by atoms with Crippen LogP contribution in [0, 0.1) is 5.92 Å². The molecule has 0 aliphatic carbocycles. The Labute approximate surface area is 168 Å². The molecule has 2 amide bonds. The molecule has 3 unspecified atom stereocenters.